The Bertz CT molecular complexity index is 1820. The number of carbonyl (C=O) groups excluding carboxylic acids is 3. The van der Waals surface area contributed by atoms with Crippen molar-refractivity contribution >= 4 is 52.2 Å². The number of carboxylic acid groups (broad SMARTS) is 1. The summed E-state index contributed by atoms with van der Waals surface area (Å²) in [5, 5.41) is 13.2. The van der Waals surface area contributed by atoms with Gasteiger partial charge in [0.15, 0.2) is 5.82 Å². The molecule has 1 atom stereocenters. The third-order valence-corrected chi connectivity index (χ3v) is 8.06. The Morgan fingerprint density at radius 2 is 1.73 bits per heavy atom. The number of rotatable bonds is 4. The second kappa shape index (κ2) is 12.5. The van der Waals surface area contributed by atoms with Crippen LogP contribution in [-0.2, 0) is 20.7 Å². The molecule has 0 spiro atoms. The van der Waals surface area contributed by atoms with Crippen LogP contribution in [0.2, 0.25) is 0 Å². The van der Waals surface area contributed by atoms with E-state index in [0.717, 1.165) is 4.90 Å². The average molecular weight is 665 g/mol. The highest BCUT2D eigenvalue weighted by Crippen LogP contribution is 2.41. The zero-order valence-electron chi connectivity index (χ0n) is 28.4. The summed E-state index contributed by atoms with van der Waals surface area (Å²) in [5.41, 5.74) is 0.320. The molecular formula is C34H41FN6O7. The summed E-state index contributed by atoms with van der Waals surface area (Å²) in [6.45, 7) is 12.7. The van der Waals surface area contributed by atoms with Gasteiger partial charge in [-0.3, -0.25) is 24.9 Å². The lowest BCUT2D eigenvalue weighted by atomic mass is 9.94. The highest BCUT2D eigenvalue weighted by Gasteiger charge is 2.36. The van der Waals surface area contributed by atoms with Crippen molar-refractivity contribution in [2.75, 3.05) is 35.3 Å². The molecule has 2 aromatic heterocycles. The predicted molar refractivity (Wildman–Crippen MR) is 178 cm³/mol. The van der Waals surface area contributed by atoms with Gasteiger partial charge < -0.3 is 19.5 Å². The molecule has 2 aliphatic rings. The fourth-order valence-electron chi connectivity index (χ4n) is 6.04. The Morgan fingerprint density at radius 3 is 2.33 bits per heavy atom. The maximum absolute atomic E-state index is 16.7. The Labute approximate surface area is 278 Å². The lowest BCUT2D eigenvalue weighted by molar-refractivity contribution is -0.126. The van der Waals surface area contributed by atoms with Crippen molar-refractivity contribution in [3.8, 4) is 11.1 Å². The molecule has 256 valence electrons. The van der Waals surface area contributed by atoms with Gasteiger partial charge in [0.05, 0.1) is 23.1 Å². The average Bonchev–Trinajstić information content (AvgIpc) is 3.29. The molecule has 0 bridgehead atoms. The van der Waals surface area contributed by atoms with Crippen molar-refractivity contribution in [2.24, 2.45) is 0 Å². The number of nitrogens with zero attached hydrogens (tertiary/aromatic N) is 5. The summed E-state index contributed by atoms with van der Waals surface area (Å²) in [7, 11) is 1.60. The molecule has 5 rings (SSSR count). The van der Waals surface area contributed by atoms with Crippen LogP contribution in [0.5, 0.6) is 0 Å². The van der Waals surface area contributed by atoms with Crippen LogP contribution < -0.4 is 15.1 Å². The molecule has 1 fully saturated rings. The van der Waals surface area contributed by atoms with Crippen LogP contribution in [0.15, 0.2) is 24.5 Å². The molecule has 1 aromatic carbocycles. The zero-order chi connectivity index (χ0) is 35.3. The highest BCUT2D eigenvalue weighted by atomic mass is 19.1. The Hall–Kier alpha value is -5.01. The Kier molecular flexibility index (Phi) is 8.97. The van der Waals surface area contributed by atoms with Crippen LogP contribution in [-0.4, -0.2) is 81.5 Å². The van der Waals surface area contributed by atoms with Crippen molar-refractivity contribution in [2.45, 2.75) is 85.0 Å². The molecule has 0 aliphatic carbocycles. The van der Waals surface area contributed by atoms with Gasteiger partial charge in [0.25, 0.3) is 0 Å². The van der Waals surface area contributed by atoms with Crippen LogP contribution in [0.4, 0.5) is 36.0 Å². The van der Waals surface area contributed by atoms with Crippen molar-refractivity contribution in [3.05, 3.63) is 41.6 Å². The standard InChI is InChI=1S/C34H41FN6O7/c1-18-22(15-36-24-10-9-11-40(29(18)24)32(46)48-34(5,6)7)21-12-19-13-25(41(31(44)45)20-14-26(42)39(8)17-20)37-16-23(19)28(27(21)35)38-30(43)47-33(2,3)4/h12-13,15-16,20H,9-11,14,17H2,1-8H3,(H,38,43)(H,44,45). The lowest BCUT2D eigenvalue weighted by Gasteiger charge is -2.33. The second-order valence-electron chi connectivity index (χ2n) is 14.1. The summed E-state index contributed by atoms with van der Waals surface area (Å²) >= 11 is 0. The first kappa shape index (κ1) is 34.3. The van der Waals surface area contributed by atoms with E-state index in [4.69, 9.17) is 9.47 Å². The van der Waals surface area contributed by atoms with E-state index in [0.29, 0.717) is 47.3 Å². The first-order valence-corrected chi connectivity index (χ1v) is 15.7. The first-order chi connectivity index (χ1) is 22.3. The van der Waals surface area contributed by atoms with Crippen LogP contribution >= 0.6 is 0 Å². The van der Waals surface area contributed by atoms with Crippen molar-refractivity contribution in [1.29, 1.82) is 0 Å². The number of carbonyl (C=O) groups is 4. The molecule has 48 heavy (non-hydrogen) atoms. The maximum atomic E-state index is 16.7. The Balaban J connectivity index is 1.69. The van der Waals surface area contributed by atoms with Gasteiger partial charge in [-0.1, -0.05) is 0 Å². The summed E-state index contributed by atoms with van der Waals surface area (Å²) in [4.78, 5) is 63.9. The third-order valence-electron chi connectivity index (χ3n) is 8.06. The van der Waals surface area contributed by atoms with Gasteiger partial charge in [-0.05, 0) is 84.4 Å². The van der Waals surface area contributed by atoms with Gasteiger partial charge in [-0.2, -0.15) is 0 Å². The van der Waals surface area contributed by atoms with E-state index in [1.807, 2.05) is 0 Å². The number of likely N-dealkylation sites (N-methyl/N-ethyl adjacent to an activating group) is 1. The fraction of sp³-hybridized carbons (Fsp3) is 0.471. The van der Waals surface area contributed by atoms with E-state index in [-0.39, 0.29) is 41.3 Å². The molecule has 1 saturated heterocycles. The molecule has 0 saturated carbocycles. The molecule has 13 nitrogen and oxygen atoms in total. The van der Waals surface area contributed by atoms with E-state index < -0.39 is 41.3 Å². The van der Waals surface area contributed by atoms with Gasteiger partial charge in [0.1, 0.15) is 17.0 Å². The molecular weight excluding hydrogens is 623 g/mol. The number of aryl methyl sites for hydroxylation is 1. The molecule has 14 heteroatoms. The molecule has 1 unspecified atom stereocenters. The third kappa shape index (κ3) is 6.97. The van der Waals surface area contributed by atoms with E-state index in [1.54, 1.807) is 55.5 Å². The maximum Gasteiger partial charge on any atom is 0.414 e. The lowest BCUT2D eigenvalue weighted by Crippen LogP contribution is -2.41. The number of aromatic nitrogens is 2. The summed E-state index contributed by atoms with van der Waals surface area (Å²) < 4.78 is 27.8. The number of ether oxygens (including phenoxy) is 2. The largest absolute Gasteiger partial charge is 0.465 e. The quantitative estimate of drug-likeness (QED) is 0.318. The fourth-order valence-corrected chi connectivity index (χ4v) is 6.04. The minimum absolute atomic E-state index is 0.0171. The number of amides is 4. The smallest absolute Gasteiger partial charge is 0.414 e. The molecule has 0 radical (unpaired) electrons. The van der Waals surface area contributed by atoms with Gasteiger partial charge in [-0.15, -0.1) is 0 Å². The van der Waals surface area contributed by atoms with Gasteiger partial charge in [0, 0.05) is 55.5 Å². The van der Waals surface area contributed by atoms with E-state index in [9.17, 15) is 24.3 Å². The monoisotopic (exact) mass is 664 g/mol. The van der Waals surface area contributed by atoms with E-state index in [2.05, 4.69) is 15.3 Å². The van der Waals surface area contributed by atoms with Crippen LogP contribution in [0, 0.1) is 12.7 Å². The van der Waals surface area contributed by atoms with E-state index >= 15 is 4.39 Å². The number of nitrogens with one attached hydrogen (secondary N) is 1. The molecule has 4 heterocycles. The number of pyridine rings is 2. The summed E-state index contributed by atoms with van der Waals surface area (Å²) in [6, 6.07) is 2.32. The number of halogens is 1. The van der Waals surface area contributed by atoms with Gasteiger partial charge in [0.2, 0.25) is 5.91 Å². The van der Waals surface area contributed by atoms with E-state index in [1.165, 1.54) is 34.3 Å². The van der Waals surface area contributed by atoms with Gasteiger partial charge >= 0.3 is 18.3 Å². The number of anilines is 3. The zero-order valence-corrected chi connectivity index (χ0v) is 28.4. The minimum atomic E-state index is -1.30. The topological polar surface area (TPSA) is 154 Å². The molecule has 2 N–H and O–H groups in total. The number of fused-ring (bicyclic) bond motifs is 2. The van der Waals surface area contributed by atoms with Crippen LogP contribution in [0.25, 0.3) is 21.9 Å². The van der Waals surface area contributed by atoms with Crippen molar-refractivity contribution < 1.29 is 38.1 Å². The van der Waals surface area contributed by atoms with Crippen molar-refractivity contribution in [1.82, 2.24) is 14.9 Å². The number of hydrogen-bond acceptors (Lipinski definition) is 8. The summed E-state index contributed by atoms with van der Waals surface area (Å²) in [6.07, 6.45) is 1.32. The first-order valence-electron chi connectivity index (χ1n) is 15.7. The van der Waals surface area contributed by atoms with Crippen LogP contribution in [0.1, 0.15) is 65.6 Å². The minimum Gasteiger partial charge on any atom is -0.465 e. The second-order valence-corrected chi connectivity index (χ2v) is 14.1. The van der Waals surface area contributed by atoms with Crippen molar-refractivity contribution in [3.63, 3.8) is 0 Å². The highest BCUT2D eigenvalue weighted by molar-refractivity contribution is 6.05. The molecule has 2 aliphatic heterocycles. The molecule has 3 aromatic rings. The number of benzene rings is 1. The SMILES string of the molecule is Cc1c(-c2cc3cc(N(C(=O)O)C4CC(=O)N(C)C4)ncc3c(NC(=O)OC(C)(C)C)c2F)cnc2c1N(C(=O)OC(C)(C)C)CCC2. The normalized spacial score (nSPS) is 16.5. The summed E-state index contributed by atoms with van der Waals surface area (Å²) in [5.74, 6) is -0.971. The number of hydrogen-bond donors (Lipinski definition) is 2. The van der Waals surface area contributed by atoms with Gasteiger partial charge in [-0.25, -0.2) is 23.8 Å². The Morgan fingerprint density at radius 1 is 1.04 bits per heavy atom. The predicted octanol–water partition coefficient (Wildman–Crippen LogP) is 6.49. The van der Waals surface area contributed by atoms with Crippen LogP contribution in [0.3, 0.4) is 0 Å². The molecule has 4 amide bonds. The number of likely N-dealkylation sites (tertiary alicyclic amines) is 1.